The summed E-state index contributed by atoms with van der Waals surface area (Å²) in [6, 6.07) is 0. The molecule has 1 rings (SSSR count). The number of hydrogen-bond acceptors (Lipinski definition) is 2. The maximum atomic E-state index is 6.12. The van der Waals surface area contributed by atoms with Crippen molar-refractivity contribution in [1.29, 1.82) is 0 Å². The van der Waals surface area contributed by atoms with Crippen LogP contribution < -0.4 is 11.1 Å². The zero-order valence-corrected chi connectivity index (χ0v) is 14.2. The third-order valence-electron chi connectivity index (χ3n) is 3.45. The summed E-state index contributed by atoms with van der Waals surface area (Å²) in [6.45, 7) is 9.05. The van der Waals surface area contributed by atoms with Gasteiger partial charge in [-0.15, -0.1) is 0 Å². The molecule has 3 N–H and O–H groups in total. The molecule has 0 radical (unpaired) electrons. The first-order chi connectivity index (χ1) is 10.0. The van der Waals surface area contributed by atoms with Crippen molar-refractivity contribution in [2.24, 2.45) is 10.7 Å². The average Bonchev–Trinajstić information content (AvgIpc) is 2.58. The van der Waals surface area contributed by atoms with Gasteiger partial charge in [0.15, 0.2) is 0 Å². The highest BCUT2D eigenvalue weighted by Crippen LogP contribution is 2.24. The van der Waals surface area contributed by atoms with Crippen molar-refractivity contribution in [3.63, 3.8) is 0 Å². The van der Waals surface area contributed by atoms with Gasteiger partial charge in [0, 0.05) is 29.0 Å². The van der Waals surface area contributed by atoms with E-state index in [-0.39, 0.29) is 0 Å². The van der Waals surface area contributed by atoms with E-state index in [0.29, 0.717) is 0 Å². The van der Waals surface area contributed by atoms with E-state index >= 15 is 0 Å². The Morgan fingerprint density at radius 2 is 2.19 bits per heavy atom. The molecule has 21 heavy (non-hydrogen) atoms. The molecule has 0 aromatic rings. The Labute approximate surface area is 133 Å². The van der Waals surface area contributed by atoms with E-state index in [1.807, 2.05) is 19.9 Å². The number of aliphatic imine (C=N–C) groups is 1. The van der Waals surface area contributed by atoms with Crippen LogP contribution in [0.15, 0.2) is 50.8 Å². The highest BCUT2D eigenvalue weighted by molar-refractivity contribution is 6.25. The number of rotatable bonds is 5. The number of nitrogens with two attached hydrogens (primary N) is 1. The van der Waals surface area contributed by atoms with Crippen LogP contribution >= 0.6 is 11.6 Å². The topological polar surface area (TPSA) is 50.4 Å². The quantitative estimate of drug-likeness (QED) is 0.450. The normalized spacial score (nSPS) is 17.4. The van der Waals surface area contributed by atoms with Gasteiger partial charge in [0.2, 0.25) is 0 Å². The molecular formula is C17H26ClN3. The Morgan fingerprint density at radius 3 is 2.81 bits per heavy atom. The molecule has 0 aromatic heterocycles. The van der Waals surface area contributed by atoms with Crippen LogP contribution in [0.5, 0.6) is 0 Å². The monoisotopic (exact) mass is 307 g/mol. The van der Waals surface area contributed by atoms with Gasteiger partial charge in [0.1, 0.15) is 5.84 Å². The predicted octanol–water partition coefficient (Wildman–Crippen LogP) is 4.38. The van der Waals surface area contributed by atoms with Crippen molar-refractivity contribution in [3.8, 4) is 0 Å². The van der Waals surface area contributed by atoms with Crippen molar-refractivity contribution >= 4 is 17.4 Å². The Balaban J connectivity index is 3.23. The minimum absolute atomic E-state index is 0.791. The molecule has 0 spiro atoms. The standard InChI is InChI=1S/C17H26ClN3/c1-5-6-10-20-17(21-13(3)11-18)16-12(2)8-7-9-15(19)14(16)4/h7,9,11H,5-6,8,10,19H2,1-4H3,(H,20,21)/b13-11+. The van der Waals surface area contributed by atoms with E-state index in [0.717, 1.165) is 54.2 Å². The summed E-state index contributed by atoms with van der Waals surface area (Å²) in [7, 11) is 0. The van der Waals surface area contributed by atoms with Gasteiger partial charge >= 0.3 is 0 Å². The molecule has 4 heteroatoms. The van der Waals surface area contributed by atoms with Crippen LogP contribution in [-0.4, -0.2) is 12.4 Å². The van der Waals surface area contributed by atoms with Crippen LogP contribution in [0, 0.1) is 0 Å². The molecule has 0 aromatic carbocycles. The first-order valence-corrected chi connectivity index (χ1v) is 7.86. The molecule has 0 unspecified atom stereocenters. The van der Waals surface area contributed by atoms with E-state index in [1.54, 1.807) is 0 Å². The van der Waals surface area contributed by atoms with Crippen LogP contribution in [0.25, 0.3) is 0 Å². The Hall–Kier alpha value is -1.48. The van der Waals surface area contributed by atoms with Crippen LogP contribution in [0.2, 0.25) is 0 Å². The molecule has 0 heterocycles. The van der Waals surface area contributed by atoms with Crippen molar-refractivity contribution in [1.82, 2.24) is 5.32 Å². The molecule has 1 aliphatic carbocycles. The van der Waals surface area contributed by atoms with Gasteiger partial charge in [-0.25, -0.2) is 0 Å². The van der Waals surface area contributed by atoms with Crippen molar-refractivity contribution < 1.29 is 0 Å². The maximum absolute atomic E-state index is 6.12. The summed E-state index contributed by atoms with van der Waals surface area (Å²) in [5.74, 6) is 0.861. The minimum atomic E-state index is 0.791. The second-order valence-corrected chi connectivity index (χ2v) is 5.56. The second-order valence-electron chi connectivity index (χ2n) is 5.34. The summed E-state index contributed by atoms with van der Waals surface area (Å²) < 4.78 is 0. The number of nitrogens with zero attached hydrogens (tertiary/aromatic N) is 1. The number of nitrogens with one attached hydrogen (secondary N) is 1. The zero-order chi connectivity index (χ0) is 15.8. The molecule has 0 aliphatic heterocycles. The second kappa shape index (κ2) is 8.73. The lowest BCUT2D eigenvalue weighted by Crippen LogP contribution is -2.26. The highest BCUT2D eigenvalue weighted by Gasteiger charge is 2.16. The van der Waals surface area contributed by atoms with Gasteiger partial charge in [-0.1, -0.05) is 36.6 Å². The summed E-state index contributed by atoms with van der Waals surface area (Å²) in [5.41, 5.74) is 12.7. The molecule has 1 aliphatic rings. The fraction of sp³-hybridized carbons (Fsp3) is 0.471. The highest BCUT2D eigenvalue weighted by atomic mass is 35.5. The van der Waals surface area contributed by atoms with Crippen molar-refractivity contribution in [2.75, 3.05) is 6.54 Å². The lowest BCUT2D eigenvalue weighted by Gasteiger charge is -2.17. The number of unbranched alkanes of at least 4 members (excludes halogenated alkanes) is 1. The van der Waals surface area contributed by atoms with Crippen LogP contribution in [-0.2, 0) is 0 Å². The van der Waals surface area contributed by atoms with Crippen LogP contribution in [0.1, 0.15) is 47.0 Å². The fourth-order valence-corrected chi connectivity index (χ4v) is 2.23. The molecule has 0 fully saturated rings. The maximum Gasteiger partial charge on any atom is 0.132 e. The molecule has 116 valence electrons. The van der Waals surface area contributed by atoms with Gasteiger partial charge in [-0.05, 0) is 45.3 Å². The molecule has 3 nitrogen and oxygen atoms in total. The Kier molecular flexibility index (Phi) is 7.30. The first kappa shape index (κ1) is 17.6. The van der Waals surface area contributed by atoms with Crippen LogP contribution in [0.3, 0.4) is 0 Å². The molecule has 0 bridgehead atoms. The summed E-state index contributed by atoms with van der Waals surface area (Å²) >= 11 is 5.79. The van der Waals surface area contributed by atoms with Crippen molar-refractivity contribution in [2.45, 2.75) is 47.0 Å². The van der Waals surface area contributed by atoms with Gasteiger partial charge in [-0.2, -0.15) is 0 Å². The van der Waals surface area contributed by atoms with E-state index < -0.39 is 0 Å². The molecule has 0 amide bonds. The van der Waals surface area contributed by atoms with Gasteiger partial charge < -0.3 is 11.1 Å². The summed E-state index contributed by atoms with van der Waals surface area (Å²) in [4.78, 5) is 4.73. The number of amidine groups is 1. The lowest BCUT2D eigenvalue weighted by molar-refractivity contribution is 0.803. The lowest BCUT2D eigenvalue weighted by atomic mass is 9.99. The van der Waals surface area contributed by atoms with Crippen molar-refractivity contribution in [3.05, 3.63) is 45.8 Å². The van der Waals surface area contributed by atoms with E-state index in [2.05, 4.69) is 25.2 Å². The Bertz CT molecular complexity index is 522. The summed E-state index contributed by atoms with van der Waals surface area (Å²) in [5, 5.41) is 3.31. The largest absolute Gasteiger partial charge is 0.399 e. The smallest absolute Gasteiger partial charge is 0.132 e. The van der Waals surface area contributed by atoms with Gasteiger partial charge in [0.25, 0.3) is 0 Å². The van der Waals surface area contributed by atoms with Gasteiger partial charge in [0.05, 0.1) is 0 Å². The van der Waals surface area contributed by atoms with E-state index in [1.165, 1.54) is 11.1 Å². The third kappa shape index (κ3) is 5.09. The average molecular weight is 308 g/mol. The zero-order valence-electron chi connectivity index (χ0n) is 13.5. The number of allylic oxidation sites excluding steroid dienone is 4. The molecule has 0 saturated carbocycles. The van der Waals surface area contributed by atoms with Crippen LogP contribution in [0.4, 0.5) is 0 Å². The van der Waals surface area contributed by atoms with E-state index in [4.69, 9.17) is 22.3 Å². The third-order valence-corrected chi connectivity index (χ3v) is 3.78. The number of halogens is 1. The molecule has 0 atom stereocenters. The number of hydrogen-bond donors (Lipinski definition) is 2. The van der Waals surface area contributed by atoms with E-state index in [9.17, 15) is 0 Å². The molecular weight excluding hydrogens is 282 g/mol. The summed E-state index contributed by atoms with van der Waals surface area (Å²) in [6.07, 6.45) is 7.13. The first-order valence-electron chi connectivity index (χ1n) is 7.43. The molecule has 0 saturated heterocycles. The SMILES string of the molecule is CCCCN=C(N/C(C)=C/Cl)C1=C(C)CC=CC(N)=C1C. The fourth-order valence-electron chi connectivity index (χ4n) is 2.18. The van der Waals surface area contributed by atoms with Gasteiger partial charge in [-0.3, -0.25) is 4.99 Å². The Morgan fingerprint density at radius 1 is 1.48 bits per heavy atom. The minimum Gasteiger partial charge on any atom is -0.399 e. The predicted molar refractivity (Wildman–Crippen MR) is 93.3 cm³/mol.